The first-order valence-electron chi connectivity index (χ1n) is 5.12. The fourth-order valence-electron chi connectivity index (χ4n) is 1.54. The van der Waals surface area contributed by atoms with Gasteiger partial charge in [-0.3, -0.25) is 0 Å². The van der Waals surface area contributed by atoms with Gasteiger partial charge in [-0.1, -0.05) is 15.9 Å². The number of hydrogen-bond acceptors (Lipinski definition) is 2. The Morgan fingerprint density at radius 3 is 2.65 bits per heavy atom. The van der Waals surface area contributed by atoms with Gasteiger partial charge in [0, 0.05) is 10.5 Å². The molecule has 0 radical (unpaired) electrons. The number of nitrogens with one attached hydrogen (secondary N) is 1. The van der Waals surface area contributed by atoms with Gasteiger partial charge in [0.05, 0.1) is 6.61 Å². The zero-order valence-electron chi connectivity index (χ0n) is 9.14. The second kappa shape index (κ2) is 5.10. The molecule has 1 aliphatic rings. The number of morpholine rings is 1. The Balaban J connectivity index is 2.31. The summed E-state index contributed by atoms with van der Waals surface area (Å²) in [5.41, 5.74) is -0.298. The summed E-state index contributed by atoms with van der Waals surface area (Å²) in [7, 11) is 0. The normalized spacial score (nSPS) is 22.6. The summed E-state index contributed by atoms with van der Waals surface area (Å²) < 4.78 is 32.6. The SMILES string of the molecule is CC1COC/C(=N\c2c(F)cc(Br)cc2F)N1. The molecule has 0 spiro atoms. The first-order valence-corrected chi connectivity index (χ1v) is 5.92. The number of nitrogens with zero attached hydrogens (tertiary/aromatic N) is 1. The van der Waals surface area contributed by atoms with Crippen molar-refractivity contribution in [1.82, 2.24) is 5.32 Å². The highest BCUT2D eigenvalue weighted by atomic mass is 79.9. The maximum atomic E-state index is 13.5. The molecular formula is C11H11BrF2N2O. The van der Waals surface area contributed by atoms with Crippen molar-refractivity contribution in [2.24, 2.45) is 4.99 Å². The fourth-order valence-corrected chi connectivity index (χ4v) is 1.94. The van der Waals surface area contributed by atoms with E-state index in [9.17, 15) is 8.78 Å². The standard InChI is InChI=1S/C11H11BrF2N2O/c1-6-4-17-5-10(15-6)16-11-8(13)2-7(12)3-9(11)14/h2-3,6H,4-5H2,1H3,(H,15,16). The summed E-state index contributed by atoms with van der Waals surface area (Å²) in [5, 5.41) is 3.01. The lowest BCUT2D eigenvalue weighted by Gasteiger charge is -2.22. The van der Waals surface area contributed by atoms with Crippen LogP contribution in [-0.2, 0) is 4.74 Å². The van der Waals surface area contributed by atoms with E-state index < -0.39 is 11.6 Å². The molecule has 0 aromatic heterocycles. The van der Waals surface area contributed by atoms with Gasteiger partial charge in [0.15, 0.2) is 11.6 Å². The smallest absolute Gasteiger partial charge is 0.153 e. The molecule has 0 amide bonds. The molecule has 1 aromatic rings. The minimum atomic E-state index is -0.704. The van der Waals surface area contributed by atoms with E-state index in [1.807, 2.05) is 6.92 Å². The van der Waals surface area contributed by atoms with Gasteiger partial charge in [-0.05, 0) is 19.1 Å². The molecule has 17 heavy (non-hydrogen) atoms. The fraction of sp³-hybridized carbons (Fsp3) is 0.364. The van der Waals surface area contributed by atoms with Crippen molar-refractivity contribution in [3.8, 4) is 0 Å². The average molecular weight is 305 g/mol. The van der Waals surface area contributed by atoms with Crippen LogP contribution in [0.25, 0.3) is 0 Å². The third-order valence-electron chi connectivity index (χ3n) is 2.25. The second-order valence-corrected chi connectivity index (χ2v) is 4.75. The lowest BCUT2D eigenvalue weighted by molar-refractivity contribution is 0.133. The zero-order chi connectivity index (χ0) is 12.4. The molecule has 0 aliphatic carbocycles. The van der Waals surface area contributed by atoms with Gasteiger partial charge in [-0.25, -0.2) is 13.8 Å². The van der Waals surface area contributed by atoms with Crippen LogP contribution in [0.2, 0.25) is 0 Å². The average Bonchev–Trinajstić information content (AvgIpc) is 2.23. The maximum Gasteiger partial charge on any atom is 0.153 e. The van der Waals surface area contributed by atoms with E-state index in [0.29, 0.717) is 16.9 Å². The monoisotopic (exact) mass is 304 g/mol. The first-order chi connectivity index (χ1) is 8.06. The van der Waals surface area contributed by atoms with Crippen LogP contribution < -0.4 is 5.32 Å². The molecular weight excluding hydrogens is 294 g/mol. The van der Waals surface area contributed by atoms with Crippen molar-refractivity contribution in [1.29, 1.82) is 0 Å². The summed E-state index contributed by atoms with van der Waals surface area (Å²) >= 11 is 3.01. The summed E-state index contributed by atoms with van der Waals surface area (Å²) in [4.78, 5) is 3.92. The highest BCUT2D eigenvalue weighted by molar-refractivity contribution is 9.10. The number of hydrogen-bond donors (Lipinski definition) is 1. The molecule has 1 N–H and O–H groups in total. The number of halogens is 3. The summed E-state index contributed by atoms with van der Waals surface area (Å²) in [6.07, 6.45) is 0. The molecule has 1 aliphatic heterocycles. The molecule has 6 heteroatoms. The summed E-state index contributed by atoms with van der Waals surface area (Å²) in [6.45, 7) is 2.70. The lowest BCUT2D eigenvalue weighted by atomic mass is 10.3. The van der Waals surface area contributed by atoms with E-state index in [0.717, 1.165) is 0 Å². The Kier molecular flexibility index (Phi) is 3.73. The molecule has 2 rings (SSSR count). The predicted octanol–water partition coefficient (Wildman–Crippen LogP) is 2.77. The van der Waals surface area contributed by atoms with E-state index >= 15 is 0 Å². The predicted molar refractivity (Wildman–Crippen MR) is 64.6 cm³/mol. The van der Waals surface area contributed by atoms with Crippen molar-refractivity contribution in [2.75, 3.05) is 13.2 Å². The third-order valence-corrected chi connectivity index (χ3v) is 2.71. The Hall–Kier alpha value is -1.01. The number of ether oxygens (including phenoxy) is 1. The molecule has 1 heterocycles. The van der Waals surface area contributed by atoms with Gasteiger partial charge in [-0.2, -0.15) is 0 Å². The van der Waals surface area contributed by atoms with Crippen LogP contribution in [-0.4, -0.2) is 25.1 Å². The van der Waals surface area contributed by atoms with Gasteiger partial charge in [-0.15, -0.1) is 0 Å². The zero-order valence-corrected chi connectivity index (χ0v) is 10.7. The molecule has 92 valence electrons. The quantitative estimate of drug-likeness (QED) is 0.865. The van der Waals surface area contributed by atoms with Crippen LogP contribution in [0.3, 0.4) is 0 Å². The first kappa shape index (κ1) is 12.4. The molecule has 0 bridgehead atoms. The van der Waals surface area contributed by atoms with E-state index in [2.05, 4.69) is 26.2 Å². The Labute approximate surface area is 106 Å². The number of rotatable bonds is 1. The van der Waals surface area contributed by atoms with Crippen LogP contribution >= 0.6 is 15.9 Å². The van der Waals surface area contributed by atoms with Crippen molar-refractivity contribution in [3.63, 3.8) is 0 Å². The molecule has 1 unspecified atom stereocenters. The Morgan fingerprint density at radius 1 is 1.41 bits per heavy atom. The molecule has 1 saturated heterocycles. The van der Waals surface area contributed by atoms with E-state index in [4.69, 9.17) is 4.74 Å². The maximum absolute atomic E-state index is 13.5. The van der Waals surface area contributed by atoms with Crippen LogP contribution in [0.5, 0.6) is 0 Å². The van der Waals surface area contributed by atoms with E-state index in [-0.39, 0.29) is 18.3 Å². The van der Waals surface area contributed by atoms with E-state index in [1.54, 1.807) is 0 Å². The molecule has 0 saturated carbocycles. The topological polar surface area (TPSA) is 33.6 Å². The largest absolute Gasteiger partial charge is 0.371 e. The van der Waals surface area contributed by atoms with Gasteiger partial charge in [0.1, 0.15) is 18.1 Å². The van der Waals surface area contributed by atoms with Crippen LogP contribution in [0.1, 0.15) is 6.92 Å². The lowest BCUT2D eigenvalue weighted by Crippen LogP contribution is -2.43. The molecule has 3 nitrogen and oxygen atoms in total. The van der Waals surface area contributed by atoms with Gasteiger partial charge >= 0.3 is 0 Å². The van der Waals surface area contributed by atoms with Crippen molar-refractivity contribution < 1.29 is 13.5 Å². The second-order valence-electron chi connectivity index (χ2n) is 3.84. The van der Waals surface area contributed by atoms with Crippen LogP contribution in [0.15, 0.2) is 21.6 Å². The highest BCUT2D eigenvalue weighted by Gasteiger charge is 2.16. The minimum absolute atomic E-state index is 0.0871. The third kappa shape index (κ3) is 3.01. The number of amidine groups is 1. The number of aliphatic imine (C=N–C) groups is 1. The van der Waals surface area contributed by atoms with Crippen molar-refractivity contribution in [3.05, 3.63) is 28.2 Å². The van der Waals surface area contributed by atoms with Crippen LogP contribution in [0, 0.1) is 11.6 Å². The molecule has 1 fully saturated rings. The van der Waals surface area contributed by atoms with Crippen LogP contribution in [0.4, 0.5) is 14.5 Å². The number of benzene rings is 1. The Bertz CT molecular complexity index is 442. The Morgan fingerprint density at radius 2 is 2.06 bits per heavy atom. The highest BCUT2D eigenvalue weighted by Crippen LogP contribution is 2.26. The summed E-state index contributed by atoms with van der Waals surface area (Å²) in [5.74, 6) is -0.974. The van der Waals surface area contributed by atoms with Crippen molar-refractivity contribution >= 4 is 27.5 Å². The van der Waals surface area contributed by atoms with Gasteiger partial charge < -0.3 is 10.1 Å². The molecule has 1 atom stereocenters. The van der Waals surface area contributed by atoms with E-state index in [1.165, 1.54) is 12.1 Å². The minimum Gasteiger partial charge on any atom is -0.371 e. The molecule has 1 aromatic carbocycles. The summed E-state index contributed by atoms with van der Waals surface area (Å²) in [6, 6.07) is 2.44. The van der Waals surface area contributed by atoms with Gasteiger partial charge in [0.2, 0.25) is 0 Å². The van der Waals surface area contributed by atoms with Crippen molar-refractivity contribution in [2.45, 2.75) is 13.0 Å². The van der Waals surface area contributed by atoms with Gasteiger partial charge in [0.25, 0.3) is 0 Å².